The van der Waals surface area contributed by atoms with E-state index in [-0.39, 0.29) is 12.1 Å². The Morgan fingerprint density at radius 3 is 2.57 bits per heavy atom. The van der Waals surface area contributed by atoms with Crippen molar-refractivity contribution in [1.82, 2.24) is 4.90 Å². The Morgan fingerprint density at radius 2 is 1.95 bits per heavy atom. The second kappa shape index (κ2) is 6.36. The third-order valence-electron chi connectivity index (χ3n) is 3.97. The Bertz CT molecular complexity index is 471. The van der Waals surface area contributed by atoms with Gasteiger partial charge in [-0.05, 0) is 36.9 Å². The van der Waals surface area contributed by atoms with Gasteiger partial charge in [0.2, 0.25) is 0 Å². The molecule has 5 heteroatoms. The first-order valence-corrected chi connectivity index (χ1v) is 7.46. The van der Waals surface area contributed by atoms with Crippen molar-refractivity contribution in [3.63, 3.8) is 0 Å². The van der Waals surface area contributed by atoms with Gasteiger partial charge in [-0.25, -0.2) is 0 Å². The fraction of sp³-hybridized carbons (Fsp3) is 0.625. The van der Waals surface area contributed by atoms with Gasteiger partial charge in [0.05, 0.1) is 11.6 Å². The van der Waals surface area contributed by atoms with Crippen LogP contribution < -0.4 is 5.73 Å². The maximum absolute atomic E-state index is 13.3. The second-order valence-corrected chi connectivity index (χ2v) is 6.22. The highest BCUT2D eigenvalue weighted by molar-refractivity contribution is 5.33. The van der Waals surface area contributed by atoms with Gasteiger partial charge in [0.1, 0.15) is 0 Å². The number of hydrogen-bond donors (Lipinski definition) is 1. The van der Waals surface area contributed by atoms with Gasteiger partial charge in [0.25, 0.3) is 0 Å². The van der Waals surface area contributed by atoms with Crippen molar-refractivity contribution in [3.8, 4) is 0 Å². The molecule has 1 aromatic rings. The molecule has 0 saturated carbocycles. The average molecular weight is 300 g/mol. The van der Waals surface area contributed by atoms with Gasteiger partial charge in [-0.15, -0.1) is 0 Å². The van der Waals surface area contributed by atoms with E-state index in [4.69, 9.17) is 5.73 Å². The molecule has 21 heavy (non-hydrogen) atoms. The number of hydrogen-bond acceptors (Lipinski definition) is 2. The molecule has 0 radical (unpaired) electrons. The first kappa shape index (κ1) is 16.3. The molecule has 1 heterocycles. The predicted molar refractivity (Wildman–Crippen MR) is 77.8 cm³/mol. The molecule has 2 N–H and O–H groups in total. The fourth-order valence-electron chi connectivity index (χ4n) is 3.21. The van der Waals surface area contributed by atoms with Crippen molar-refractivity contribution in [2.75, 3.05) is 13.1 Å². The van der Waals surface area contributed by atoms with Crippen LogP contribution in [0.5, 0.6) is 0 Å². The Kier molecular flexibility index (Phi) is 4.94. The molecule has 0 bridgehead atoms. The van der Waals surface area contributed by atoms with Gasteiger partial charge in [0, 0.05) is 12.6 Å². The van der Waals surface area contributed by atoms with E-state index < -0.39 is 11.7 Å². The molecule has 0 aromatic heterocycles. The fourth-order valence-corrected chi connectivity index (χ4v) is 3.21. The summed E-state index contributed by atoms with van der Waals surface area (Å²) in [7, 11) is 0. The Labute approximate surface area is 124 Å². The quantitative estimate of drug-likeness (QED) is 0.919. The Balaban J connectivity index is 2.41. The molecule has 1 aromatic carbocycles. The summed E-state index contributed by atoms with van der Waals surface area (Å²) in [4.78, 5) is 2.11. The summed E-state index contributed by atoms with van der Waals surface area (Å²) in [6.45, 7) is 5.73. The normalized spacial score (nSPS) is 24.5. The third kappa shape index (κ3) is 3.77. The molecule has 118 valence electrons. The van der Waals surface area contributed by atoms with Gasteiger partial charge >= 0.3 is 6.18 Å². The molecule has 2 nitrogen and oxygen atoms in total. The van der Waals surface area contributed by atoms with Gasteiger partial charge in [-0.1, -0.05) is 32.0 Å². The van der Waals surface area contributed by atoms with Crippen LogP contribution in [0.15, 0.2) is 24.3 Å². The first-order valence-electron chi connectivity index (χ1n) is 7.46. The third-order valence-corrected chi connectivity index (χ3v) is 3.97. The van der Waals surface area contributed by atoms with Crippen LogP contribution in [0.25, 0.3) is 0 Å². The topological polar surface area (TPSA) is 29.3 Å². The van der Waals surface area contributed by atoms with Gasteiger partial charge in [-0.2, -0.15) is 13.2 Å². The summed E-state index contributed by atoms with van der Waals surface area (Å²) in [5.41, 5.74) is 5.94. The minimum Gasteiger partial charge on any atom is -0.326 e. The number of benzene rings is 1. The largest absolute Gasteiger partial charge is 0.416 e. The Hall–Kier alpha value is -1.07. The van der Waals surface area contributed by atoms with Crippen LogP contribution in [-0.2, 0) is 6.18 Å². The number of halogens is 3. The molecule has 2 atom stereocenters. The molecule has 0 spiro atoms. The number of alkyl halides is 3. The zero-order chi connectivity index (χ0) is 15.6. The molecule has 1 aliphatic rings. The van der Waals surface area contributed by atoms with E-state index in [9.17, 15) is 13.2 Å². The lowest BCUT2D eigenvalue weighted by Gasteiger charge is -2.41. The summed E-state index contributed by atoms with van der Waals surface area (Å²) < 4.78 is 39.8. The van der Waals surface area contributed by atoms with E-state index in [1.165, 1.54) is 6.07 Å². The van der Waals surface area contributed by atoms with Crippen LogP contribution in [0.1, 0.15) is 43.9 Å². The highest BCUT2D eigenvalue weighted by Crippen LogP contribution is 2.39. The zero-order valence-electron chi connectivity index (χ0n) is 12.5. The van der Waals surface area contributed by atoms with Crippen molar-refractivity contribution < 1.29 is 13.2 Å². The standard InChI is InChI=1S/C16H23F3N2/c1-11(2)10-21-9-5-8-14(20)15(21)12-6-3-4-7-13(12)16(17,18)19/h3-4,6-7,11,14-15H,5,8-10,20H2,1-2H3. The van der Waals surface area contributed by atoms with E-state index >= 15 is 0 Å². The van der Waals surface area contributed by atoms with Crippen LogP contribution in [-0.4, -0.2) is 24.0 Å². The maximum atomic E-state index is 13.3. The van der Waals surface area contributed by atoms with E-state index in [2.05, 4.69) is 18.7 Å². The van der Waals surface area contributed by atoms with Gasteiger partial charge < -0.3 is 5.73 Å². The minimum absolute atomic E-state index is 0.249. The highest BCUT2D eigenvalue weighted by atomic mass is 19.4. The Morgan fingerprint density at radius 1 is 1.29 bits per heavy atom. The molecule has 1 saturated heterocycles. The van der Waals surface area contributed by atoms with Crippen molar-refractivity contribution >= 4 is 0 Å². The first-order chi connectivity index (χ1) is 9.80. The van der Waals surface area contributed by atoms with Crippen molar-refractivity contribution in [2.45, 2.75) is 44.9 Å². The number of nitrogens with two attached hydrogens (primary N) is 1. The molecule has 0 aliphatic carbocycles. The van der Waals surface area contributed by atoms with Crippen LogP contribution in [0.4, 0.5) is 13.2 Å². The van der Waals surface area contributed by atoms with Crippen molar-refractivity contribution in [1.29, 1.82) is 0 Å². The summed E-state index contributed by atoms with van der Waals surface area (Å²) >= 11 is 0. The van der Waals surface area contributed by atoms with E-state index in [1.807, 2.05) is 0 Å². The van der Waals surface area contributed by atoms with E-state index in [1.54, 1.807) is 12.1 Å². The second-order valence-electron chi connectivity index (χ2n) is 6.22. The van der Waals surface area contributed by atoms with E-state index in [0.29, 0.717) is 11.5 Å². The van der Waals surface area contributed by atoms with Crippen LogP contribution in [0.3, 0.4) is 0 Å². The lowest BCUT2D eigenvalue weighted by molar-refractivity contribution is -0.139. The van der Waals surface area contributed by atoms with Crippen LogP contribution in [0, 0.1) is 5.92 Å². The highest BCUT2D eigenvalue weighted by Gasteiger charge is 2.39. The van der Waals surface area contributed by atoms with Gasteiger partial charge in [-0.3, -0.25) is 4.90 Å². The molecule has 1 fully saturated rings. The van der Waals surface area contributed by atoms with Crippen LogP contribution >= 0.6 is 0 Å². The molecular formula is C16H23F3N2. The SMILES string of the molecule is CC(C)CN1CCCC(N)C1c1ccccc1C(F)(F)F. The number of nitrogens with zero attached hydrogens (tertiary/aromatic N) is 1. The maximum Gasteiger partial charge on any atom is 0.416 e. The molecule has 1 aliphatic heterocycles. The summed E-state index contributed by atoms with van der Waals surface area (Å²) in [6.07, 6.45) is -2.62. The van der Waals surface area contributed by atoms with E-state index in [0.717, 1.165) is 32.0 Å². The number of rotatable bonds is 3. The average Bonchev–Trinajstić information content (AvgIpc) is 2.37. The van der Waals surface area contributed by atoms with Crippen LogP contribution in [0.2, 0.25) is 0 Å². The minimum atomic E-state index is -4.34. The molecule has 2 rings (SSSR count). The van der Waals surface area contributed by atoms with Crippen molar-refractivity contribution in [3.05, 3.63) is 35.4 Å². The predicted octanol–water partition coefficient (Wildman–Crippen LogP) is 3.83. The number of piperidine rings is 1. The summed E-state index contributed by atoms with van der Waals surface area (Å²) in [5, 5.41) is 0. The monoisotopic (exact) mass is 300 g/mol. The molecule has 0 amide bonds. The molecular weight excluding hydrogens is 277 g/mol. The lowest BCUT2D eigenvalue weighted by atomic mass is 9.87. The van der Waals surface area contributed by atoms with Gasteiger partial charge in [0.15, 0.2) is 0 Å². The lowest BCUT2D eigenvalue weighted by Crippen LogP contribution is -2.47. The summed E-state index contributed by atoms with van der Waals surface area (Å²) in [6, 6.07) is 5.24. The molecule has 2 unspecified atom stereocenters. The number of likely N-dealkylation sites (tertiary alicyclic amines) is 1. The summed E-state index contributed by atoms with van der Waals surface area (Å²) in [5.74, 6) is 0.399. The smallest absolute Gasteiger partial charge is 0.326 e. The zero-order valence-corrected chi connectivity index (χ0v) is 12.5. The van der Waals surface area contributed by atoms with Crippen molar-refractivity contribution in [2.24, 2.45) is 11.7 Å².